The lowest BCUT2D eigenvalue weighted by molar-refractivity contribution is 0.0325. The van der Waals surface area contributed by atoms with E-state index in [9.17, 15) is 5.11 Å². The number of methoxy groups -OCH3 is 1. The topological polar surface area (TPSA) is 71.6 Å². The van der Waals surface area contributed by atoms with Gasteiger partial charge in [0.2, 0.25) is 5.89 Å². The smallest absolute Gasteiger partial charge is 0.243 e. The molecule has 0 radical (unpaired) electrons. The molecular formula is C13H25N3O3. The SMILES string of the molecule is COC[C@@H](O)CN(C)[C@H](C)c1nc(C(C)(C)C)no1. The number of likely N-dealkylation sites (N-methyl/N-ethyl adjacent to an activating group) is 1. The maximum absolute atomic E-state index is 9.72. The Hall–Kier alpha value is -0.980. The molecular weight excluding hydrogens is 246 g/mol. The average Bonchev–Trinajstić information content (AvgIpc) is 2.76. The Balaban J connectivity index is 2.66. The van der Waals surface area contributed by atoms with Gasteiger partial charge in [-0.15, -0.1) is 0 Å². The molecule has 0 saturated carbocycles. The van der Waals surface area contributed by atoms with Crippen molar-refractivity contribution in [1.29, 1.82) is 0 Å². The maximum atomic E-state index is 9.72. The van der Waals surface area contributed by atoms with Gasteiger partial charge >= 0.3 is 0 Å². The van der Waals surface area contributed by atoms with Crippen LogP contribution in [0.1, 0.15) is 45.5 Å². The van der Waals surface area contributed by atoms with Crippen molar-refractivity contribution in [2.75, 3.05) is 27.3 Å². The van der Waals surface area contributed by atoms with Crippen LogP contribution in [0.15, 0.2) is 4.52 Å². The summed E-state index contributed by atoms with van der Waals surface area (Å²) in [6.07, 6.45) is -0.526. The molecule has 1 N–H and O–H groups in total. The first-order valence-electron chi connectivity index (χ1n) is 6.47. The van der Waals surface area contributed by atoms with E-state index in [0.29, 0.717) is 24.9 Å². The van der Waals surface area contributed by atoms with Gasteiger partial charge in [0.05, 0.1) is 18.8 Å². The first kappa shape index (κ1) is 16.1. The summed E-state index contributed by atoms with van der Waals surface area (Å²) in [5, 5.41) is 13.7. The van der Waals surface area contributed by atoms with Crippen molar-refractivity contribution in [2.24, 2.45) is 0 Å². The molecule has 6 nitrogen and oxygen atoms in total. The van der Waals surface area contributed by atoms with E-state index in [-0.39, 0.29) is 11.5 Å². The first-order valence-corrected chi connectivity index (χ1v) is 6.47. The minimum atomic E-state index is -0.526. The second kappa shape index (κ2) is 6.45. The van der Waals surface area contributed by atoms with E-state index in [2.05, 4.69) is 10.1 Å². The third-order valence-electron chi connectivity index (χ3n) is 2.99. The van der Waals surface area contributed by atoms with E-state index in [1.807, 2.05) is 39.6 Å². The van der Waals surface area contributed by atoms with Crippen LogP contribution in [0.5, 0.6) is 0 Å². The van der Waals surface area contributed by atoms with Crippen molar-refractivity contribution in [3.8, 4) is 0 Å². The number of rotatable bonds is 6. The van der Waals surface area contributed by atoms with Crippen LogP contribution in [0.4, 0.5) is 0 Å². The van der Waals surface area contributed by atoms with E-state index in [1.54, 1.807) is 7.11 Å². The van der Waals surface area contributed by atoms with Gasteiger partial charge in [-0.25, -0.2) is 0 Å². The summed E-state index contributed by atoms with van der Waals surface area (Å²) >= 11 is 0. The van der Waals surface area contributed by atoms with Gasteiger partial charge < -0.3 is 14.4 Å². The molecule has 19 heavy (non-hydrogen) atoms. The molecule has 0 spiro atoms. The van der Waals surface area contributed by atoms with Gasteiger partial charge in [-0.05, 0) is 14.0 Å². The lowest BCUT2D eigenvalue weighted by atomic mass is 9.96. The van der Waals surface area contributed by atoms with Crippen molar-refractivity contribution >= 4 is 0 Å². The minimum Gasteiger partial charge on any atom is -0.389 e. The Kier molecular flexibility index (Phi) is 5.46. The fourth-order valence-corrected chi connectivity index (χ4v) is 1.63. The number of ether oxygens (including phenoxy) is 1. The molecule has 6 heteroatoms. The fraction of sp³-hybridized carbons (Fsp3) is 0.846. The highest BCUT2D eigenvalue weighted by molar-refractivity contribution is 5.01. The van der Waals surface area contributed by atoms with E-state index < -0.39 is 6.10 Å². The summed E-state index contributed by atoms with van der Waals surface area (Å²) in [5.41, 5.74) is -0.129. The quantitative estimate of drug-likeness (QED) is 0.842. The van der Waals surface area contributed by atoms with Gasteiger partial charge in [0.15, 0.2) is 5.82 Å². The van der Waals surface area contributed by atoms with Gasteiger partial charge in [-0.2, -0.15) is 4.98 Å². The molecule has 1 aromatic heterocycles. The molecule has 1 aromatic rings. The summed E-state index contributed by atoms with van der Waals surface area (Å²) in [7, 11) is 3.48. The van der Waals surface area contributed by atoms with Gasteiger partial charge in [0.25, 0.3) is 0 Å². The molecule has 0 aromatic carbocycles. The van der Waals surface area contributed by atoms with Crippen LogP contribution in [0.25, 0.3) is 0 Å². The number of aromatic nitrogens is 2. The van der Waals surface area contributed by atoms with Gasteiger partial charge in [-0.1, -0.05) is 25.9 Å². The predicted octanol–water partition coefficient (Wildman–Crippen LogP) is 1.37. The Morgan fingerprint density at radius 1 is 1.42 bits per heavy atom. The number of nitrogens with zero attached hydrogens (tertiary/aromatic N) is 3. The third-order valence-corrected chi connectivity index (χ3v) is 2.99. The summed E-state index contributed by atoms with van der Waals surface area (Å²) in [6, 6.07) is -0.0462. The highest BCUT2D eigenvalue weighted by Gasteiger charge is 2.25. The molecule has 0 fully saturated rings. The van der Waals surface area contributed by atoms with Gasteiger partial charge in [0.1, 0.15) is 0 Å². The number of aliphatic hydroxyl groups is 1. The van der Waals surface area contributed by atoms with E-state index in [4.69, 9.17) is 9.26 Å². The summed E-state index contributed by atoms with van der Waals surface area (Å²) in [4.78, 5) is 6.39. The summed E-state index contributed by atoms with van der Waals surface area (Å²) < 4.78 is 10.2. The van der Waals surface area contributed by atoms with Crippen molar-refractivity contribution in [3.63, 3.8) is 0 Å². The second-order valence-corrected chi connectivity index (χ2v) is 5.93. The lowest BCUT2D eigenvalue weighted by Gasteiger charge is -2.24. The highest BCUT2D eigenvalue weighted by Crippen LogP contribution is 2.23. The van der Waals surface area contributed by atoms with E-state index >= 15 is 0 Å². The molecule has 110 valence electrons. The molecule has 1 rings (SSSR count). The Morgan fingerprint density at radius 3 is 2.53 bits per heavy atom. The molecule has 0 aliphatic carbocycles. The number of aliphatic hydroxyl groups excluding tert-OH is 1. The van der Waals surface area contributed by atoms with Crippen LogP contribution in [0, 0.1) is 0 Å². The van der Waals surface area contributed by atoms with Gasteiger partial charge in [-0.3, -0.25) is 4.90 Å². The van der Waals surface area contributed by atoms with E-state index in [1.165, 1.54) is 0 Å². The summed E-state index contributed by atoms with van der Waals surface area (Å²) in [5.74, 6) is 1.26. The summed E-state index contributed by atoms with van der Waals surface area (Å²) in [6.45, 7) is 8.89. The molecule has 0 unspecified atom stereocenters. The van der Waals surface area contributed by atoms with Crippen LogP contribution < -0.4 is 0 Å². The standard InChI is InChI=1S/C13H25N3O3/c1-9(16(5)7-10(17)8-18-6)11-14-12(15-19-11)13(2,3)4/h9-10,17H,7-8H2,1-6H3/t9-,10+/m1/s1. The lowest BCUT2D eigenvalue weighted by Crippen LogP contribution is -2.33. The third kappa shape index (κ3) is 4.56. The fourth-order valence-electron chi connectivity index (χ4n) is 1.63. The highest BCUT2D eigenvalue weighted by atomic mass is 16.5. The van der Waals surface area contributed by atoms with Crippen molar-refractivity contribution in [3.05, 3.63) is 11.7 Å². The zero-order valence-corrected chi connectivity index (χ0v) is 12.7. The minimum absolute atomic E-state index is 0.0462. The maximum Gasteiger partial charge on any atom is 0.243 e. The number of hydrogen-bond donors (Lipinski definition) is 1. The Bertz CT molecular complexity index is 387. The molecule has 1 heterocycles. The van der Waals surface area contributed by atoms with Crippen molar-refractivity contribution in [1.82, 2.24) is 15.0 Å². The predicted molar refractivity (Wildman–Crippen MR) is 71.9 cm³/mol. The Labute approximate surface area is 114 Å². The van der Waals surface area contributed by atoms with Crippen LogP contribution >= 0.6 is 0 Å². The zero-order valence-electron chi connectivity index (χ0n) is 12.7. The zero-order chi connectivity index (χ0) is 14.6. The molecule has 0 saturated heterocycles. The first-order chi connectivity index (χ1) is 8.75. The average molecular weight is 271 g/mol. The van der Waals surface area contributed by atoms with Crippen LogP contribution in [0.2, 0.25) is 0 Å². The van der Waals surface area contributed by atoms with Crippen LogP contribution in [0.3, 0.4) is 0 Å². The van der Waals surface area contributed by atoms with Crippen LogP contribution in [-0.4, -0.2) is 53.6 Å². The molecule has 0 aliphatic heterocycles. The normalized spacial score (nSPS) is 15.8. The Morgan fingerprint density at radius 2 is 2.05 bits per heavy atom. The van der Waals surface area contributed by atoms with E-state index in [0.717, 1.165) is 0 Å². The largest absolute Gasteiger partial charge is 0.389 e. The van der Waals surface area contributed by atoms with Gasteiger partial charge in [0, 0.05) is 19.1 Å². The van der Waals surface area contributed by atoms with Crippen LogP contribution in [-0.2, 0) is 10.2 Å². The molecule has 0 aliphatic rings. The van der Waals surface area contributed by atoms with Crippen molar-refractivity contribution in [2.45, 2.75) is 45.3 Å². The van der Waals surface area contributed by atoms with Crippen molar-refractivity contribution < 1.29 is 14.4 Å². The molecule has 2 atom stereocenters. The second-order valence-electron chi connectivity index (χ2n) is 5.93. The number of hydrogen-bond acceptors (Lipinski definition) is 6. The molecule has 0 amide bonds. The molecule has 0 bridgehead atoms. The monoisotopic (exact) mass is 271 g/mol.